The summed E-state index contributed by atoms with van der Waals surface area (Å²) in [6.07, 6.45) is 1.61. The number of carbonyl (C=O) groups excluding carboxylic acids is 2. The van der Waals surface area contributed by atoms with Gasteiger partial charge in [-0.2, -0.15) is 0 Å². The number of imide groups is 1. The first-order valence-corrected chi connectivity index (χ1v) is 7.98. The van der Waals surface area contributed by atoms with Gasteiger partial charge in [-0.3, -0.25) is 14.5 Å². The highest BCUT2D eigenvalue weighted by atomic mass is 35.5. The molecule has 23 heavy (non-hydrogen) atoms. The van der Waals surface area contributed by atoms with Crippen LogP contribution < -0.4 is 0 Å². The lowest BCUT2D eigenvalue weighted by Gasteiger charge is -2.12. The van der Waals surface area contributed by atoms with Crippen molar-refractivity contribution < 1.29 is 14.0 Å². The largest absolute Gasteiger partial charge is 0.293 e. The van der Waals surface area contributed by atoms with E-state index in [9.17, 15) is 14.0 Å². The second-order valence-corrected chi connectivity index (χ2v) is 6.32. The molecule has 1 aliphatic heterocycles. The van der Waals surface area contributed by atoms with E-state index in [1.807, 2.05) is 0 Å². The Morgan fingerprint density at radius 1 is 1.09 bits per heavy atom. The van der Waals surface area contributed by atoms with Crippen LogP contribution in [-0.4, -0.2) is 16.0 Å². The summed E-state index contributed by atoms with van der Waals surface area (Å²) < 4.78 is 12.9. The summed E-state index contributed by atoms with van der Waals surface area (Å²) in [5.74, 6) is -0.731. The second-order valence-electron chi connectivity index (χ2n) is 4.92. The summed E-state index contributed by atoms with van der Waals surface area (Å²) in [5, 5.41) is 0.162. The fourth-order valence-corrected chi connectivity index (χ4v) is 3.16. The number of thioether (sulfide) groups is 1. The Morgan fingerprint density at radius 3 is 2.48 bits per heavy atom. The third kappa shape index (κ3) is 3.46. The molecule has 0 N–H and O–H groups in total. The minimum atomic E-state index is -0.371. The number of rotatable bonds is 3. The van der Waals surface area contributed by atoms with Crippen LogP contribution in [0.1, 0.15) is 11.1 Å². The normalized spacial score (nSPS) is 16.4. The van der Waals surface area contributed by atoms with Gasteiger partial charge in [-0.15, -0.1) is 0 Å². The summed E-state index contributed by atoms with van der Waals surface area (Å²) >= 11 is 6.94. The lowest BCUT2D eigenvalue weighted by atomic mass is 10.2. The summed E-state index contributed by atoms with van der Waals surface area (Å²) in [6.45, 7) is 0.116. The molecule has 1 saturated heterocycles. The van der Waals surface area contributed by atoms with Crippen molar-refractivity contribution in [2.45, 2.75) is 6.54 Å². The van der Waals surface area contributed by atoms with Gasteiger partial charge < -0.3 is 0 Å². The Bertz CT molecular complexity index is 804. The molecule has 2 amide bonds. The molecule has 1 aliphatic rings. The average Bonchev–Trinajstić information content (AvgIpc) is 2.79. The van der Waals surface area contributed by atoms with E-state index < -0.39 is 0 Å². The predicted octanol–water partition coefficient (Wildman–Crippen LogP) is 4.72. The smallest absolute Gasteiger partial charge is 0.268 e. The maximum atomic E-state index is 12.9. The molecule has 1 heterocycles. The van der Waals surface area contributed by atoms with E-state index in [0.717, 1.165) is 16.7 Å². The Kier molecular flexibility index (Phi) is 4.50. The van der Waals surface area contributed by atoms with Crippen LogP contribution in [0.4, 0.5) is 9.18 Å². The molecule has 0 unspecified atom stereocenters. The third-order valence-electron chi connectivity index (χ3n) is 3.32. The van der Waals surface area contributed by atoms with E-state index >= 15 is 0 Å². The van der Waals surface area contributed by atoms with Crippen molar-refractivity contribution in [3.8, 4) is 0 Å². The molecular formula is C17H11ClFNO2S. The van der Waals surface area contributed by atoms with Gasteiger partial charge in [-0.1, -0.05) is 41.9 Å². The van der Waals surface area contributed by atoms with Crippen molar-refractivity contribution in [1.29, 1.82) is 0 Å². The van der Waals surface area contributed by atoms with Crippen molar-refractivity contribution in [1.82, 2.24) is 4.90 Å². The predicted molar refractivity (Wildman–Crippen MR) is 89.4 cm³/mol. The number of hydrogen-bond acceptors (Lipinski definition) is 3. The summed E-state index contributed by atoms with van der Waals surface area (Å²) in [7, 11) is 0. The Labute approximate surface area is 141 Å². The molecule has 6 heteroatoms. The molecule has 0 atom stereocenters. The molecule has 0 saturated carbocycles. The molecule has 116 valence electrons. The zero-order valence-corrected chi connectivity index (χ0v) is 13.4. The highest BCUT2D eigenvalue weighted by Gasteiger charge is 2.35. The lowest BCUT2D eigenvalue weighted by Crippen LogP contribution is -2.27. The summed E-state index contributed by atoms with van der Waals surface area (Å²) in [4.78, 5) is 25.9. The van der Waals surface area contributed by atoms with E-state index in [-0.39, 0.29) is 23.5 Å². The number of carbonyl (C=O) groups is 2. The van der Waals surface area contributed by atoms with Crippen molar-refractivity contribution in [2.75, 3.05) is 0 Å². The Balaban J connectivity index is 1.82. The first kappa shape index (κ1) is 15.8. The maximum absolute atomic E-state index is 12.9. The second kappa shape index (κ2) is 6.56. The van der Waals surface area contributed by atoms with Crippen LogP contribution >= 0.6 is 23.4 Å². The van der Waals surface area contributed by atoms with Crippen LogP contribution in [0, 0.1) is 5.82 Å². The van der Waals surface area contributed by atoms with Crippen LogP contribution in [0.2, 0.25) is 5.02 Å². The molecule has 0 radical (unpaired) electrons. The Morgan fingerprint density at radius 2 is 1.78 bits per heavy atom. The summed E-state index contributed by atoms with van der Waals surface area (Å²) in [5.41, 5.74) is 1.37. The van der Waals surface area contributed by atoms with Gasteiger partial charge in [0.05, 0.1) is 11.4 Å². The number of benzene rings is 2. The van der Waals surface area contributed by atoms with E-state index in [4.69, 9.17) is 11.6 Å². The maximum Gasteiger partial charge on any atom is 0.293 e. The van der Waals surface area contributed by atoms with Crippen molar-refractivity contribution in [3.05, 3.63) is 75.4 Å². The van der Waals surface area contributed by atoms with Crippen molar-refractivity contribution >= 4 is 40.6 Å². The van der Waals surface area contributed by atoms with E-state index in [1.165, 1.54) is 12.1 Å². The molecule has 0 aromatic heterocycles. The first-order chi connectivity index (χ1) is 11.0. The number of hydrogen-bond donors (Lipinski definition) is 0. The van der Waals surface area contributed by atoms with Crippen LogP contribution in [0.25, 0.3) is 6.08 Å². The molecule has 0 aliphatic carbocycles. The molecule has 2 aromatic carbocycles. The lowest BCUT2D eigenvalue weighted by molar-refractivity contribution is -0.123. The van der Waals surface area contributed by atoms with Gasteiger partial charge >= 0.3 is 0 Å². The zero-order chi connectivity index (χ0) is 16.4. The Hall–Kier alpha value is -2.11. The highest BCUT2D eigenvalue weighted by Crippen LogP contribution is 2.34. The molecule has 1 fully saturated rings. The number of nitrogens with zero attached hydrogens (tertiary/aromatic N) is 1. The van der Waals surface area contributed by atoms with Gasteiger partial charge in [-0.05, 0) is 47.2 Å². The van der Waals surface area contributed by atoms with Gasteiger partial charge in [0.25, 0.3) is 11.1 Å². The fourth-order valence-electron chi connectivity index (χ4n) is 2.14. The van der Waals surface area contributed by atoms with Crippen LogP contribution in [0.3, 0.4) is 0 Å². The van der Waals surface area contributed by atoms with Crippen molar-refractivity contribution in [2.24, 2.45) is 0 Å². The third-order valence-corrected chi connectivity index (χ3v) is 4.57. The van der Waals surface area contributed by atoms with Crippen LogP contribution in [0.15, 0.2) is 53.4 Å². The zero-order valence-electron chi connectivity index (χ0n) is 11.8. The van der Waals surface area contributed by atoms with Crippen molar-refractivity contribution in [3.63, 3.8) is 0 Å². The molecule has 0 bridgehead atoms. The van der Waals surface area contributed by atoms with Gasteiger partial charge in [0, 0.05) is 5.02 Å². The highest BCUT2D eigenvalue weighted by molar-refractivity contribution is 8.18. The minimum Gasteiger partial charge on any atom is -0.268 e. The monoisotopic (exact) mass is 347 g/mol. The molecular weight excluding hydrogens is 337 g/mol. The number of halogens is 2. The fraction of sp³-hybridized carbons (Fsp3) is 0.0588. The average molecular weight is 348 g/mol. The van der Waals surface area contributed by atoms with E-state index in [0.29, 0.717) is 21.1 Å². The summed E-state index contributed by atoms with van der Waals surface area (Å²) in [6, 6.07) is 12.8. The first-order valence-electron chi connectivity index (χ1n) is 6.79. The van der Waals surface area contributed by atoms with E-state index in [2.05, 4.69) is 0 Å². The standard InChI is InChI=1S/C17H11ClFNO2S/c18-14-4-2-1-3-12(14)9-15-16(21)20(17(22)23-15)10-11-5-7-13(19)8-6-11/h1-9H,10H2/b15-9+. The molecule has 3 nitrogen and oxygen atoms in total. The number of amides is 2. The van der Waals surface area contributed by atoms with Gasteiger partial charge in [0.15, 0.2) is 0 Å². The molecule has 3 rings (SSSR count). The van der Waals surface area contributed by atoms with Crippen LogP contribution in [0.5, 0.6) is 0 Å². The quantitative estimate of drug-likeness (QED) is 0.754. The van der Waals surface area contributed by atoms with Gasteiger partial charge in [0.2, 0.25) is 0 Å². The SMILES string of the molecule is O=C1S/C(=C/c2ccccc2Cl)C(=O)N1Cc1ccc(F)cc1. The molecule has 0 spiro atoms. The van der Waals surface area contributed by atoms with E-state index in [1.54, 1.807) is 42.5 Å². The van der Waals surface area contributed by atoms with Gasteiger partial charge in [-0.25, -0.2) is 4.39 Å². The molecule has 2 aromatic rings. The topological polar surface area (TPSA) is 37.4 Å². The van der Waals surface area contributed by atoms with Gasteiger partial charge in [0.1, 0.15) is 5.82 Å². The minimum absolute atomic E-state index is 0.116. The van der Waals surface area contributed by atoms with Crippen LogP contribution in [-0.2, 0) is 11.3 Å².